The number of thioether (sulfide) groups is 1. The molecule has 1 aromatic rings. The van der Waals surface area contributed by atoms with Crippen molar-refractivity contribution in [3.05, 3.63) is 28.8 Å². The highest BCUT2D eigenvalue weighted by atomic mass is 35.5. The predicted molar refractivity (Wildman–Crippen MR) is 84.3 cm³/mol. The number of hydrogen-bond acceptors (Lipinski definition) is 5. The van der Waals surface area contributed by atoms with Gasteiger partial charge >= 0.3 is 0 Å². The van der Waals surface area contributed by atoms with Crippen molar-refractivity contribution < 1.29 is 19.1 Å². The van der Waals surface area contributed by atoms with Crippen LogP contribution in [0.4, 0.5) is 4.79 Å². The van der Waals surface area contributed by atoms with Gasteiger partial charge in [-0.15, -0.1) is 0 Å². The molecule has 1 heterocycles. The van der Waals surface area contributed by atoms with Gasteiger partial charge in [-0.3, -0.25) is 19.3 Å². The van der Waals surface area contributed by atoms with Gasteiger partial charge in [0.05, 0.1) is 19.3 Å². The van der Waals surface area contributed by atoms with E-state index in [0.717, 1.165) is 16.7 Å². The van der Waals surface area contributed by atoms with Crippen molar-refractivity contribution in [2.75, 3.05) is 26.0 Å². The third-order valence-electron chi connectivity index (χ3n) is 3.09. The van der Waals surface area contributed by atoms with Crippen molar-refractivity contribution >= 4 is 40.4 Å². The van der Waals surface area contributed by atoms with Gasteiger partial charge in [0.25, 0.3) is 5.24 Å². The normalized spacial score (nSPS) is 14.4. The van der Waals surface area contributed by atoms with Crippen LogP contribution in [0.3, 0.4) is 0 Å². The molecule has 1 aliphatic rings. The van der Waals surface area contributed by atoms with Crippen molar-refractivity contribution in [2.24, 2.45) is 0 Å². The van der Waals surface area contributed by atoms with Gasteiger partial charge in [0.1, 0.15) is 5.75 Å². The molecule has 0 atom stereocenters. The molecule has 118 valence electrons. The van der Waals surface area contributed by atoms with Crippen LogP contribution in [0.15, 0.2) is 18.2 Å². The molecule has 6 nitrogen and oxygen atoms in total. The Balaban J connectivity index is 1.84. The van der Waals surface area contributed by atoms with Crippen LogP contribution in [0.25, 0.3) is 0 Å². The summed E-state index contributed by atoms with van der Waals surface area (Å²) in [7, 11) is 1.52. The number of imide groups is 1. The fourth-order valence-corrected chi connectivity index (χ4v) is 2.97. The van der Waals surface area contributed by atoms with Crippen LogP contribution in [0.2, 0.25) is 5.02 Å². The third-order valence-corrected chi connectivity index (χ3v) is 4.19. The lowest BCUT2D eigenvalue weighted by Crippen LogP contribution is -2.37. The maximum atomic E-state index is 11.9. The van der Waals surface area contributed by atoms with Gasteiger partial charge in [0.2, 0.25) is 11.8 Å². The zero-order chi connectivity index (χ0) is 16.1. The maximum absolute atomic E-state index is 11.9. The first-order valence-electron chi connectivity index (χ1n) is 6.57. The molecule has 2 rings (SSSR count). The van der Waals surface area contributed by atoms with Crippen molar-refractivity contribution in [2.45, 2.75) is 6.42 Å². The summed E-state index contributed by atoms with van der Waals surface area (Å²) in [5.41, 5.74) is 0.677. The number of methoxy groups -OCH3 is 1. The molecule has 3 amide bonds. The van der Waals surface area contributed by atoms with Crippen molar-refractivity contribution in [1.29, 1.82) is 0 Å². The Morgan fingerprint density at radius 3 is 2.86 bits per heavy atom. The van der Waals surface area contributed by atoms with Crippen molar-refractivity contribution in [3.63, 3.8) is 0 Å². The first-order chi connectivity index (χ1) is 10.5. The fraction of sp³-hybridized carbons (Fsp3) is 0.357. The Morgan fingerprint density at radius 2 is 2.23 bits per heavy atom. The minimum atomic E-state index is -0.268. The number of amides is 3. The summed E-state index contributed by atoms with van der Waals surface area (Å²) in [6.07, 6.45) is 0.111. The quantitative estimate of drug-likeness (QED) is 0.851. The summed E-state index contributed by atoms with van der Waals surface area (Å²) in [6, 6.07) is 5.05. The van der Waals surface area contributed by atoms with Crippen LogP contribution in [-0.4, -0.2) is 47.9 Å². The number of halogens is 1. The third kappa shape index (κ3) is 4.14. The molecule has 8 heteroatoms. The molecule has 0 radical (unpaired) electrons. The maximum Gasteiger partial charge on any atom is 0.288 e. The van der Waals surface area contributed by atoms with Gasteiger partial charge in [-0.2, -0.15) is 0 Å². The largest absolute Gasteiger partial charge is 0.496 e. The highest BCUT2D eigenvalue weighted by Gasteiger charge is 2.29. The minimum Gasteiger partial charge on any atom is -0.496 e. The van der Waals surface area contributed by atoms with Crippen LogP contribution < -0.4 is 10.1 Å². The Bertz CT molecular complexity index is 593. The molecule has 1 N–H and O–H groups in total. The summed E-state index contributed by atoms with van der Waals surface area (Å²) < 4.78 is 5.18. The number of benzene rings is 1. The van der Waals surface area contributed by atoms with E-state index in [1.165, 1.54) is 7.11 Å². The Morgan fingerprint density at radius 1 is 1.45 bits per heavy atom. The zero-order valence-electron chi connectivity index (χ0n) is 11.9. The lowest BCUT2D eigenvalue weighted by atomic mass is 10.1. The van der Waals surface area contributed by atoms with E-state index in [4.69, 9.17) is 16.3 Å². The highest BCUT2D eigenvalue weighted by molar-refractivity contribution is 8.14. The smallest absolute Gasteiger partial charge is 0.288 e. The average Bonchev–Trinajstić information content (AvgIpc) is 2.79. The summed E-state index contributed by atoms with van der Waals surface area (Å²) in [6.45, 7) is 0.406. The molecule has 22 heavy (non-hydrogen) atoms. The molecule has 1 saturated heterocycles. The van der Waals surface area contributed by atoms with Crippen molar-refractivity contribution in [3.8, 4) is 5.75 Å². The lowest BCUT2D eigenvalue weighted by molar-refractivity contribution is -0.125. The summed E-state index contributed by atoms with van der Waals surface area (Å²) >= 11 is 6.88. The molecule has 0 unspecified atom stereocenters. The van der Waals surface area contributed by atoms with Crippen LogP contribution in [0.1, 0.15) is 5.56 Å². The van der Waals surface area contributed by atoms with Crippen LogP contribution >= 0.6 is 23.4 Å². The molecule has 1 fully saturated rings. The average molecular weight is 343 g/mol. The van der Waals surface area contributed by atoms with Crippen molar-refractivity contribution in [1.82, 2.24) is 10.2 Å². The first-order valence-corrected chi connectivity index (χ1v) is 7.94. The molecule has 0 aromatic heterocycles. The van der Waals surface area contributed by atoms with Gasteiger partial charge < -0.3 is 10.1 Å². The number of carbonyl (C=O) groups is 3. The zero-order valence-corrected chi connectivity index (χ0v) is 13.5. The Hall–Kier alpha value is -1.73. The van der Waals surface area contributed by atoms with Gasteiger partial charge in [0.15, 0.2) is 0 Å². The van der Waals surface area contributed by atoms with E-state index in [0.29, 0.717) is 16.3 Å². The monoisotopic (exact) mass is 342 g/mol. The topological polar surface area (TPSA) is 75.7 Å². The second-order valence-electron chi connectivity index (χ2n) is 4.58. The number of rotatable bonds is 6. The van der Waals surface area contributed by atoms with Crippen LogP contribution in [0, 0.1) is 0 Å². The lowest BCUT2D eigenvalue weighted by Gasteiger charge is -2.13. The molecule has 1 aromatic carbocycles. The molecule has 0 spiro atoms. The first kappa shape index (κ1) is 16.6. The number of carbonyl (C=O) groups excluding carboxylic acids is 3. The highest BCUT2D eigenvalue weighted by Crippen LogP contribution is 2.23. The van der Waals surface area contributed by atoms with Gasteiger partial charge in [-0.1, -0.05) is 23.4 Å². The SMILES string of the molecule is COc1ccc(Cl)cc1CC(=O)NCCN1C(=O)CSC1=O. The van der Waals surface area contributed by atoms with E-state index >= 15 is 0 Å². The second kappa shape index (κ2) is 7.51. The number of hydrogen-bond donors (Lipinski definition) is 1. The molecular weight excluding hydrogens is 328 g/mol. The summed E-state index contributed by atoms with van der Waals surface area (Å²) in [5, 5.41) is 2.93. The van der Waals surface area contributed by atoms with Gasteiger partial charge in [0, 0.05) is 23.7 Å². The Labute approximate surface area is 137 Å². The number of nitrogens with zero attached hydrogens (tertiary/aromatic N) is 1. The summed E-state index contributed by atoms with van der Waals surface area (Å²) in [4.78, 5) is 35.9. The van der Waals surface area contributed by atoms with E-state index in [-0.39, 0.29) is 42.3 Å². The molecule has 0 bridgehead atoms. The fourth-order valence-electron chi connectivity index (χ4n) is 2.03. The number of ether oxygens (including phenoxy) is 1. The molecule has 1 aliphatic heterocycles. The minimum absolute atomic E-state index is 0.111. The predicted octanol–water partition coefficient (Wildman–Crippen LogP) is 1.70. The van der Waals surface area contributed by atoms with Gasteiger partial charge in [-0.25, -0.2) is 0 Å². The molecule has 0 saturated carbocycles. The van der Waals surface area contributed by atoms with Crippen LogP contribution in [0.5, 0.6) is 5.75 Å². The summed E-state index contributed by atoms with van der Waals surface area (Å²) in [5.74, 6) is 0.306. The Kier molecular flexibility index (Phi) is 5.68. The van der Waals surface area contributed by atoms with Gasteiger partial charge in [-0.05, 0) is 18.2 Å². The van der Waals surface area contributed by atoms with E-state index < -0.39 is 0 Å². The number of nitrogens with one attached hydrogen (secondary N) is 1. The standard InChI is InChI=1S/C14H15ClN2O4S/c1-21-11-3-2-10(15)6-9(11)7-12(18)16-4-5-17-13(19)8-22-14(17)20/h2-3,6H,4-5,7-8H2,1H3,(H,16,18). The van der Waals surface area contributed by atoms with E-state index in [2.05, 4.69) is 5.32 Å². The van der Waals surface area contributed by atoms with Crippen LogP contribution in [-0.2, 0) is 16.0 Å². The molecular formula is C14H15ClN2O4S. The van der Waals surface area contributed by atoms with E-state index in [9.17, 15) is 14.4 Å². The second-order valence-corrected chi connectivity index (χ2v) is 5.95. The van der Waals surface area contributed by atoms with E-state index in [1.807, 2.05) is 0 Å². The molecule has 0 aliphatic carbocycles. The van der Waals surface area contributed by atoms with E-state index in [1.54, 1.807) is 18.2 Å².